The number of thiazole rings is 2. The van der Waals surface area contributed by atoms with Gasteiger partial charge in [-0.05, 0) is 51.2 Å². The number of hydrogen-bond donors (Lipinski definition) is 2. The van der Waals surface area contributed by atoms with E-state index in [9.17, 15) is 4.21 Å². The van der Waals surface area contributed by atoms with Crippen LogP contribution in [0.4, 0.5) is 11.4 Å². The van der Waals surface area contributed by atoms with Gasteiger partial charge in [-0.15, -0.1) is 45.3 Å². The fourth-order valence-electron chi connectivity index (χ4n) is 7.09. The Labute approximate surface area is 353 Å². The summed E-state index contributed by atoms with van der Waals surface area (Å²) >= 11 is 9.19. The average Bonchev–Trinajstić information content (AvgIpc) is 4.04. The summed E-state index contributed by atoms with van der Waals surface area (Å²) in [7, 11) is 2.96. The van der Waals surface area contributed by atoms with Crippen LogP contribution in [0.15, 0.2) is 51.9 Å². The fourth-order valence-corrected chi connectivity index (χ4v) is 12.7. The Morgan fingerprint density at radius 3 is 1.68 bits per heavy atom. The first kappa shape index (κ1) is 39.5. The van der Waals surface area contributed by atoms with E-state index in [1.807, 2.05) is 67.9 Å². The van der Waals surface area contributed by atoms with E-state index in [4.69, 9.17) is 25.6 Å². The van der Waals surface area contributed by atoms with Gasteiger partial charge in [0.15, 0.2) is 12.5 Å². The highest BCUT2D eigenvalue weighted by Gasteiger charge is 2.30. The Bertz CT molecular complexity index is 2720. The Hall–Kier alpha value is -4.33. The van der Waals surface area contributed by atoms with Crippen LogP contribution in [-0.2, 0) is 43.8 Å². The molecule has 0 aromatic carbocycles. The van der Waals surface area contributed by atoms with Crippen molar-refractivity contribution in [3.8, 4) is 43.9 Å². The van der Waals surface area contributed by atoms with Crippen molar-refractivity contribution in [2.24, 2.45) is 20.0 Å². The number of aryl methyl sites for hydroxylation is 2. The molecule has 8 heterocycles. The van der Waals surface area contributed by atoms with Crippen LogP contribution < -0.4 is 11.5 Å². The number of rotatable bonds is 8. The molecule has 2 saturated carbocycles. The van der Waals surface area contributed by atoms with Gasteiger partial charge in [-0.2, -0.15) is 4.21 Å². The molecule has 0 spiro atoms. The van der Waals surface area contributed by atoms with Gasteiger partial charge >= 0.3 is 0 Å². The van der Waals surface area contributed by atoms with E-state index >= 15 is 0 Å². The fraction of sp³-hybridized carbons (Fsp3) is 0.333. The number of hydrogen-bond acceptors (Lipinski definition) is 15. The summed E-state index contributed by atoms with van der Waals surface area (Å²) in [5.74, 6) is 2.68. The molecule has 1 atom stereocenters. The summed E-state index contributed by atoms with van der Waals surface area (Å²) in [4.78, 5) is 30.7. The van der Waals surface area contributed by atoms with Gasteiger partial charge in [-0.1, -0.05) is 25.7 Å². The molecule has 8 aromatic rings. The van der Waals surface area contributed by atoms with E-state index in [1.54, 1.807) is 40.2 Å². The number of nitrogens with two attached hydrogens (primary N) is 2. The van der Waals surface area contributed by atoms with E-state index in [0.717, 1.165) is 117 Å². The van der Waals surface area contributed by atoms with Gasteiger partial charge in [0.05, 0.1) is 46.0 Å². The van der Waals surface area contributed by atoms with Crippen LogP contribution in [-0.4, -0.2) is 52.7 Å². The second kappa shape index (κ2) is 16.5. The molecule has 0 aliphatic heterocycles. The van der Waals surface area contributed by atoms with Gasteiger partial charge in [0.25, 0.3) is 0 Å². The first-order chi connectivity index (χ1) is 27.7. The highest BCUT2D eigenvalue weighted by atomic mass is 32.2. The molecule has 18 heteroatoms. The van der Waals surface area contributed by atoms with Crippen molar-refractivity contribution in [3.63, 3.8) is 0 Å². The van der Waals surface area contributed by atoms with Gasteiger partial charge in [0.2, 0.25) is 0 Å². The third-order valence-corrected chi connectivity index (χ3v) is 17.0. The topological polar surface area (TPSA) is 173 Å². The van der Waals surface area contributed by atoms with E-state index < -0.39 is 10.8 Å². The predicted molar refractivity (Wildman–Crippen MR) is 237 cm³/mol. The molecule has 57 heavy (non-hydrogen) atoms. The molecule has 294 valence electrons. The van der Waals surface area contributed by atoms with Crippen molar-refractivity contribution >= 4 is 100 Å². The van der Waals surface area contributed by atoms with Gasteiger partial charge in [-0.3, -0.25) is 4.21 Å². The summed E-state index contributed by atoms with van der Waals surface area (Å²) in [5, 5.41) is 7.87. The van der Waals surface area contributed by atoms with Crippen molar-refractivity contribution < 1.29 is 8.42 Å². The SMILES string of the molecule is Cc1ncc(-c2cc(-c3nccs3)nc3sc(CC4CCC4)c(N)c23)n1C.Cc1ncc(-c2cc(-c3nccs3)nc3sc([S@](=O)C4CCC4)c(N)c23)n1C.O=S. The normalized spacial score (nSPS) is 14.8. The third-order valence-electron chi connectivity index (χ3n) is 11.0. The van der Waals surface area contributed by atoms with Crippen LogP contribution in [0.3, 0.4) is 0 Å². The molecule has 2 aliphatic carbocycles. The zero-order valence-electron chi connectivity index (χ0n) is 31.7. The Balaban J connectivity index is 0.000000153. The minimum Gasteiger partial charge on any atom is -0.397 e. The quantitative estimate of drug-likeness (QED) is 0.149. The van der Waals surface area contributed by atoms with Gasteiger partial charge in [0, 0.05) is 69.3 Å². The van der Waals surface area contributed by atoms with Gasteiger partial charge < -0.3 is 20.6 Å². The van der Waals surface area contributed by atoms with Gasteiger partial charge in [-0.25, -0.2) is 29.9 Å². The first-order valence-corrected chi connectivity index (χ1v) is 23.4. The number of nitrogen functional groups attached to an aromatic ring is 2. The van der Waals surface area contributed by atoms with Crippen LogP contribution in [0.1, 0.15) is 55.1 Å². The van der Waals surface area contributed by atoms with Crippen LogP contribution >= 0.6 is 45.3 Å². The van der Waals surface area contributed by atoms with Crippen molar-refractivity contribution in [1.29, 1.82) is 0 Å². The maximum Gasteiger partial charge on any atom is 0.197 e. The zero-order valence-corrected chi connectivity index (χ0v) is 36.6. The van der Waals surface area contributed by atoms with E-state index in [0.29, 0.717) is 5.69 Å². The average molecular weight is 873 g/mol. The number of pyridine rings is 2. The molecule has 0 bridgehead atoms. The summed E-state index contributed by atoms with van der Waals surface area (Å²) in [5.41, 5.74) is 20.5. The molecule has 4 N–H and O–H groups in total. The summed E-state index contributed by atoms with van der Waals surface area (Å²) < 4.78 is 25.8. The second-order valence-corrected chi connectivity index (χ2v) is 20.0. The molecule has 2 fully saturated rings. The highest BCUT2D eigenvalue weighted by Crippen LogP contribution is 2.46. The molecule has 0 saturated heterocycles. The lowest BCUT2D eigenvalue weighted by molar-refractivity contribution is 0.316. The van der Waals surface area contributed by atoms with Crippen molar-refractivity contribution in [1.82, 2.24) is 39.0 Å². The van der Waals surface area contributed by atoms with Crippen LogP contribution in [0.2, 0.25) is 0 Å². The third kappa shape index (κ3) is 7.35. The molecule has 0 unspecified atom stereocenters. The lowest BCUT2D eigenvalue weighted by Crippen LogP contribution is -2.23. The molecule has 10 rings (SSSR count). The van der Waals surface area contributed by atoms with Crippen LogP contribution in [0.25, 0.3) is 64.4 Å². The van der Waals surface area contributed by atoms with Gasteiger partial charge in [0.1, 0.15) is 46.9 Å². The summed E-state index contributed by atoms with van der Waals surface area (Å²) in [6.45, 7) is 3.99. The van der Waals surface area contributed by atoms with Crippen molar-refractivity contribution in [3.05, 3.63) is 64.2 Å². The smallest absolute Gasteiger partial charge is 0.197 e. The Morgan fingerprint density at radius 1 is 0.754 bits per heavy atom. The molecule has 0 radical (unpaired) electrons. The number of fused-ring (bicyclic) bond motifs is 2. The first-order valence-electron chi connectivity index (χ1n) is 18.5. The van der Waals surface area contributed by atoms with E-state index in [2.05, 4.69) is 43.1 Å². The molecular weight excluding hydrogens is 833 g/mol. The lowest BCUT2D eigenvalue weighted by atomic mass is 9.82. The predicted octanol–water partition coefficient (Wildman–Crippen LogP) is 9.09. The summed E-state index contributed by atoms with van der Waals surface area (Å²) in [6, 6.07) is 4.14. The minimum absolute atomic E-state index is 0.219. The lowest BCUT2D eigenvalue weighted by Gasteiger charge is -2.24. The van der Waals surface area contributed by atoms with E-state index in [1.165, 1.54) is 35.5 Å². The van der Waals surface area contributed by atoms with Crippen LogP contribution in [0, 0.1) is 19.8 Å². The number of aromatic nitrogens is 8. The molecule has 8 aromatic heterocycles. The molecular formula is C39H40N10O2S6. The maximum absolute atomic E-state index is 13.0. The Morgan fingerprint density at radius 2 is 1.26 bits per heavy atom. The monoisotopic (exact) mass is 872 g/mol. The zero-order chi connectivity index (χ0) is 40.0. The Kier molecular flexibility index (Phi) is 11.4. The molecule has 2 aliphatic rings. The van der Waals surface area contributed by atoms with E-state index in [-0.39, 0.29) is 5.25 Å². The molecule has 12 nitrogen and oxygen atoms in total. The van der Waals surface area contributed by atoms with Crippen LogP contribution in [0.5, 0.6) is 0 Å². The molecule has 0 amide bonds. The minimum atomic E-state index is -1.08. The van der Waals surface area contributed by atoms with Crippen molar-refractivity contribution in [2.45, 2.75) is 68.3 Å². The second-order valence-electron chi connectivity index (χ2n) is 14.2. The number of imidazole rings is 2. The maximum atomic E-state index is 13.0. The largest absolute Gasteiger partial charge is 0.397 e. The standard InChI is InChI=1S/C20H21N5S2.C19H19N5OS3.OS/c1-11-23-10-15(25(11)2)13-9-14(19-22-6-7-26-19)24-20-17(13)18(21)16(27-20)8-12-4-3-5-12;1-10-22-9-14(24(10)2)12-8-13(17-21-6-7-26-17)23-18-15(12)16(20)19(27-18)28(25)11-4-3-5-11;1-2/h6-7,9-10,12H,3-5,8,21H2,1-2H3;6-9,11H,3-5,20H2,1-2H3;/t;28-;/m.1./s1. The number of anilines is 2. The number of nitrogens with zero attached hydrogens (tertiary/aromatic N) is 8. The highest BCUT2D eigenvalue weighted by molar-refractivity contribution is 7.88. The number of thiophene rings is 2. The summed E-state index contributed by atoms with van der Waals surface area (Å²) in [6.07, 6.45) is 15.6. The van der Waals surface area contributed by atoms with Crippen molar-refractivity contribution in [2.75, 3.05) is 11.5 Å².